The van der Waals surface area contributed by atoms with Crippen LogP contribution in [-0.2, 0) is 27.8 Å². The Hall–Kier alpha value is -1.97. The van der Waals surface area contributed by atoms with E-state index in [1.54, 1.807) is 16.4 Å². The van der Waals surface area contributed by atoms with Crippen molar-refractivity contribution in [2.45, 2.75) is 24.8 Å². The molecular weight excluding hydrogens is 448 g/mol. The van der Waals surface area contributed by atoms with Crippen molar-refractivity contribution in [2.24, 2.45) is 0 Å². The average Bonchev–Trinajstić information content (AvgIpc) is 2.87. The van der Waals surface area contributed by atoms with Crippen molar-refractivity contribution < 1.29 is 13.2 Å². The van der Waals surface area contributed by atoms with Crippen LogP contribution in [0.2, 0.25) is 0 Å². The van der Waals surface area contributed by atoms with Crippen LogP contribution in [0.1, 0.15) is 18.1 Å². The Kier molecular flexibility index (Phi) is 8.60. The van der Waals surface area contributed by atoms with E-state index in [4.69, 9.17) is 4.74 Å². The lowest BCUT2D eigenvalue weighted by molar-refractivity contribution is 0.0906. The predicted octanol–water partition coefficient (Wildman–Crippen LogP) is 2.52. The zero-order valence-corrected chi connectivity index (χ0v) is 21.3. The smallest absolute Gasteiger partial charge is 0.243 e. The molecule has 2 aromatic carbocycles. The van der Waals surface area contributed by atoms with E-state index < -0.39 is 10.0 Å². The number of piperazine rings is 2. The minimum absolute atomic E-state index is 0.362. The fourth-order valence-electron chi connectivity index (χ4n) is 4.56. The lowest BCUT2D eigenvalue weighted by atomic mass is 10.1. The summed E-state index contributed by atoms with van der Waals surface area (Å²) >= 11 is 0. The average molecular weight is 487 g/mol. The molecule has 0 unspecified atom stereocenters. The third-order valence-electron chi connectivity index (χ3n) is 6.88. The van der Waals surface area contributed by atoms with E-state index >= 15 is 0 Å². The predicted molar refractivity (Wildman–Crippen MR) is 137 cm³/mol. The van der Waals surface area contributed by atoms with Gasteiger partial charge < -0.3 is 14.5 Å². The van der Waals surface area contributed by atoms with Gasteiger partial charge in [0.2, 0.25) is 10.0 Å². The highest BCUT2D eigenvalue weighted by Crippen LogP contribution is 2.20. The van der Waals surface area contributed by atoms with Gasteiger partial charge in [0.1, 0.15) is 0 Å². The first-order valence-electron chi connectivity index (χ1n) is 12.4. The standard InChI is InChI=1S/C26H38N4O3S/c1-3-23-6-4-8-25(20-23)29-14-12-28(13-15-29)18-19-33-22-24-7-5-9-26(21-24)34(31,32)30-16-10-27(2)11-17-30/h4-9,20-21H,3,10-19,22H2,1-2H3. The van der Waals surface area contributed by atoms with Gasteiger partial charge in [-0.3, -0.25) is 4.90 Å². The molecule has 2 fully saturated rings. The first-order chi connectivity index (χ1) is 16.5. The number of hydrogen-bond acceptors (Lipinski definition) is 6. The molecule has 2 saturated heterocycles. The van der Waals surface area contributed by atoms with Gasteiger partial charge in [0.25, 0.3) is 0 Å². The Morgan fingerprint density at radius 3 is 2.29 bits per heavy atom. The summed E-state index contributed by atoms with van der Waals surface area (Å²) in [7, 11) is -1.43. The molecule has 186 valence electrons. The fourth-order valence-corrected chi connectivity index (χ4v) is 6.05. The maximum Gasteiger partial charge on any atom is 0.243 e. The number of aryl methyl sites for hydroxylation is 1. The first-order valence-corrected chi connectivity index (χ1v) is 13.8. The molecule has 4 rings (SSSR count). The van der Waals surface area contributed by atoms with Crippen molar-refractivity contribution in [1.29, 1.82) is 0 Å². The van der Waals surface area contributed by atoms with Crippen LogP contribution in [0.5, 0.6) is 0 Å². The molecular formula is C26H38N4O3S. The van der Waals surface area contributed by atoms with Crippen LogP contribution >= 0.6 is 0 Å². The molecule has 2 aromatic rings. The molecule has 0 bridgehead atoms. The van der Waals surface area contributed by atoms with Gasteiger partial charge in [-0.05, 0) is 48.9 Å². The number of sulfonamides is 1. The van der Waals surface area contributed by atoms with Gasteiger partial charge >= 0.3 is 0 Å². The second-order valence-electron chi connectivity index (χ2n) is 9.26. The van der Waals surface area contributed by atoms with Crippen molar-refractivity contribution in [3.8, 4) is 0 Å². The number of anilines is 1. The van der Waals surface area contributed by atoms with Crippen LogP contribution in [0.25, 0.3) is 0 Å². The number of benzene rings is 2. The summed E-state index contributed by atoms with van der Waals surface area (Å²) in [6.07, 6.45) is 1.07. The highest BCUT2D eigenvalue weighted by Gasteiger charge is 2.27. The molecule has 0 aliphatic carbocycles. The lowest BCUT2D eigenvalue weighted by Gasteiger charge is -2.36. The maximum atomic E-state index is 13.0. The molecule has 0 spiro atoms. The van der Waals surface area contributed by atoms with Crippen LogP contribution in [0.15, 0.2) is 53.4 Å². The second kappa shape index (κ2) is 11.6. The highest BCUT2D eigenvalue weighted by atomic mass is 32.2. The van der Waals surface area contributed by atoms with Crippen LogP contribution in [0.4, 0.5) is 5.69 Å². The van der Waals surface area contributed by atoms with Crippen LogP contribution in [-0.4, -0.2) is 95.1 Å². The Morgan fingerprint density at radius 1 is 0.853 bits per heavy atom. The zero-order valence-electron chi connectivity index (χ0n) is 20.5. The normalized spacial score (nSPS) is 18.9. The van der Waals surface area contributed by atoms with Crippen LogP contribution < -0.4 is 4.90 Å². The van der Waals surface area contributed by atoms with E-state index in [0.717, 1.165) is 57.8 Å². The minimum Gasteiger partial charge on any atom is -0.375 e. The van der Waals surface area contributed by atoms with Crippen molar-refractivity contribution in [3.63, 3.8) is 0 Å². The number of nitrogens with zero attached hydrogens (tertiary/aromatic N) is 4. The third-order valence-corrected chi connectivity index (χ3v) is 8.77. The SMILES string of the molecule is CCc1cccc(N2CCN(CCOCc3cccc(S(=O)(=O)N4CCN(C)CC4)c3)CC2)c1. The van der Waals surface area contributed by atoms with Gasteiger partial charge in [0.15, 0.2) is 0 Å². The Morgan fingerprint density at radius 2 is 1.56 bits per heavy atom. The first kappa shape index (κ1) is 25.1. The number of ether oxygens (including phenoxy) is 1. The van der Waals surface area contributed by atoms with Gasteiger partial charge in [-0.1, -0.05) is 31.2 Å². The largest absolute Gasteiger partial charge is 0.375 e. The summed E-state index contributed by atoms with van der Waals surface area (Å²) in [5, 5.41) is 0. The van der Waals surface area contributed by atoms with E-state index in [9.17, 15) is 8.42 Å². The van der Waals surface area contributed by atoms with E-state index in [1.165, 1.54) is 11.3 Å². The quantitative estimate of drug-likeness (QED) is 0.508. The van der Waals surface area contributed by atoms with Gasteiger partial charge in [0.05, 0.1) is 18.1 Å². The molecule has 8 heteroatoms. The Labute approximate surface area is 204 Å². The molecule has 2 aliphatic heterocycles. The molecule has 2 heterocycles. The summed E-state index contributed by atoms with van der Waals surface area (Å²) in [4.78, 5) is 7.42. The third kappa shape index (κ3) is 6.37. The Bertz CT molecular complexity index is 1030. The topological polar surface area (TPSA) is 56.3 Å². The van der Waals surface area contributed by atoms with Crippen molar-refractivity contribution in [2.75, 3.05) is 77.5 Å². The molecule has 0 N–H and O–H groups in total. The van der Waals surface area contributed by atoms with E-state index in [1.807, 2.05) is 19.2 Å². The number of rotatable bonds is 9. The number of likely N-dealkylation sites (N-methyl/N-ethyl adjacent to an activating group) is 1. The zero-order chi connectivity index (χ0) is 24.0. The monoisotopic (exact) mass is 486 g/mol. The van der Waals surface area contributed by atoms with Crippen LogP contribution in [0.3, 0.4) is 0 Å². The second-order valence-corrected chi connectivity index (χ2v) is 11.2. The summed E-state index contributed by atoms with van der Waals surface area (Å²) < 4.78 is 33.5. The molecule has 0 radical (unpaired) electrons. The Balaban J connectivity index is 1.21. The van der Waals surface area contributed by atoms with Crippen molar-refractivity contribution in [1.82, 2.24) is 14.1 Å². The molecule has 0 saturated carbocycles. The molecule has 0 amide bonds. The van der Waals surface area contributed by atoms with Gasteiger partial charge in [-0.25, -0.2) is 8.42 Å². The molecule has 0 aromatic heterocycles. The maximum absolute atomic E-state index is 13.0. The molecule has 2 aliphatic rings. The van der Waals surface area contributed by atoms with Crippen molar-refractivity contribution >= 4 is 15.7 Å². The lowest BCUT2D eigenvalue weighted by Crippen LogP contribution is -2.47. The highest BCUT2D eigenvalue weighted by molar-refractivity contribution is 7.89. The molecule has 7 nitrogen and oxygen atoms in total. The van der Waals surface area contributed by atoms with Gasteiger partial charge in [-0.2, -0.15) is 4.31 Å². The minimum atomic E-state index is -3.45. The molecule has 34 heavy (non-hydrogen) atoms. The van der Waals surface area contributed by atoms with Crippen molar-refractivity contribution in [3.05, 3.63) is 59.7 Å². The van der Waals surface area contributed by atoms with E-state index in [-0.39, 0.29) is 0 Å². The summed E-state index contributed by atoms with van der Waals surface area (Å²) in [6.45, 7) is 10.9. The van der Waals surface area contributed by atoms with Gasteiger partial charge in [-0.15, -0.1) is 0 Å². The summed E-state index contributed by atoms with van der Waals surface area (Å²) in [6, 6.07) is 16.0. The fraction of sp³-hybridized carbons (Fsp3) is 0.538. The van der Waals surface area contributed by atoms with E-state index in [2.05, 4.69) is 45.9 Å². The summed E-state index contributed by atoms with van der Waals surface area (Å²) in [5.74, 6) is 0. The van der Waals surface area contributed by atoms with Gasteiger partial charge in [0, 0.05) is 64.6 Å². The summed E-state index contributed by atoms with van der Waals surface area (Å²) in [5.41, 5.74) is 3.60. The number of hydrogen-bond donors (Lipinski definition) is 0. The molecule has 0 atom stereocenters. The van der Waals surface area contributed by atoms with E-state index in [0.29, 0.717) is 31.2 Å². The van der Waals surface area contributed by atoms with Crippen LogP contribution in [0, 0.1) is 0 Å².